The van der Waals surface area contributed by atoms with E-state index in [1.807, 2.05) is 4.90 Å². The maximum absolute atomic E-state index is 13.1. The number of aromatic nitrogens is 1. The summed E-state index contributed by atoms with van der Waals surface area (Å²) in [5, 5.41) is 9.32. The Bertz CT molecular complexity index is 453. The van der Waals surface area contributed by atoms with Gasteiger partial charge in [0.15, 0.2) is 0 Å². The Labute approximate surface area is 112 Å². The summed E-state index contributed by atoms with van der Waals surface area (Å²) >= 11 is 0. The van der Waals surface area contributed by atoms with Crippen LogP contribution in [0.2, 0.25) is 0 Å². The number of aliphatic carboxylic acids is 1. The highest BCUT2D eigenvalue weighted by Crippen LogP contribution is 2.26. The third-order valence-electron chi connectivity index (χ3n) is 3.83. The summed E-state index contributed by atoms with van der Waals surface area (Å²) < 4.78 is 13.1. The van der Waals surface area contributed by atoms with Gasteiger partial charge in [0.2, 0.25) is 0 Å². The van der Waals surface area contributed by atoms with Crippen LogP contribution in [0.3, 0.4) is 0 Å². The monoisotopic (exact) mass is 266 g/mol. The highest BCUT2D eigenvalue weighted by molar-refractivity contribution is 5.73. The minimum absolute atomic E-state index is 0.382. The van der Waals surface area contributed by atoms with E-state index in [1.54, 1.807) is 6.20 Å². The third-order valence-corrected chi connectivity index (χ3v) is 3.83. The Hall–Kier alpha value is -1.49. The predicted molar refractivity (Wildman–Crippen MR) is 69.0 cm³/mol. The zero-order chi connectivity index (χ0) is 13.8. The fourth-order valence-corrected chi connectivity index (χ4v) is 2.68. The van der Waals surface area contributed by atoms with Gasteiger partial charge in [0, 0.05) is 12.7 Å². The van der Waals surface area contributed by atoms with Gasteiger partial charge in [0.25, 0.3) is 0 Å². The first-order valence-electron chi connectivity index (χ1n) is 6.66. The number of hydrogen-bond donors (Lipinski definition) is 1. The zero-order valence-electron chi connectivity index (χ0n) is 11.1. The molecule has 1 aliphatic heterocycles. The molecular weight excluding hydrogens is 247 g/mol. The van der Waals surface area contributed by atoms with Crippen molar-refractivity contribution in [1.82, 2.24) is 9.88 Å². The van der Waals surface area contributed by atoms with Crippen LogP contribution in [-0.2, 0) is 11.3 Å². The van der Waals surface area contributed by atoms with Gasteiger partial charge in [0.05, 0.1) is 6.20 Å². The first-order valence-corrected chi connectivity index (χ1v) is 6.66. The van der Waals surface area contributed by atoms with E-state index in [-0.39, 0.29) is 5.82 Å². The average molecular weight is 266 g/mol. The molecule has 2 atom stereocenters. The molecule has 0 spiro atoms. The van der Waals surface area contributed by atoms with Crippen molar-refractivity contribution in [3.8, 4) is 0 Å². The summed E-state index contributed by atoms with van der Waals surface area (Å²) in [7, 11) is 0. The Morgan fingerprint density at radius 2 is 2.37 bits per heavy atom. The van der Waals surface area contributed by atoms with Gasteiger partial charge in [-0.2, -0.15) is 0 Å². The lowest BCUT2D eigenvalue weighted by Gasteiger charge is -2.36. The summed E-state index contributed by atoms with van der Waals surface area (Å²) in [5.74, 6) is -0.696. The van der Waals surface area contributed by atoms with Crippen molar-refractivity contribution in [2.75, 3.05) is 6.54 Å². The summed E-state index contributed by atoms with van der Waals surface area (Å²) in [6.45, 7) is 3.28. The maximum Gasteiger partial charge on any atom is 0.320 e. The molecule has 2 rings (SSSR count). The first kappa shape index (κ1) is 13.9. The highest BCUT2D eigenvalue weighted by Gasteiger charge is 2.32. The maximum atomic E-state index is 13.1. The summed E-state index contributed by atoms with van der Waals surface area (Å²) in [4.78, 5) is 17.1. The van der Waals surface area contributed by atoms with Crippen LogP contribution in [-0.4, -0.2) is 33.5 Å². The van der Waals surface area contributed by atoms with Gasteiger partial charge in [-0.15, -0.1) is 0 Å². The third kappa shape index (κ3) is 3.50. The second kappa shape index (κ2) is 6.10. The van der Waals surface area contributed by atoms with E-state index < -0.39 is 12.0 Å². The van der Waals surface area contributed by atoms with Crippen LogP contribution in [0.4, 0.5) is 4.39 Å². The van der Waals surface area contributed by atoms with Crippen molar-refractivity contribution in [2.45, 2.75) is 38.8 Å². The van der Waals surface area contributed by atoms with Crippen LogP contribution in [0, 0.1) is 11.7 Å². The molecule has 0 saturated carbocycles. The van der Waals surface area contributed by atoms with Gasteiger partial charge < -0.3 is 5.11 Å². The van der Waals surface area contributed by atoms with E-state index in [1.165, 1.54) is 6.07 Å². The van der Waals surface area contributed by atoms with Gasteiger partial charge in [-0.05, 0) is 36.9 Å². The normalized spacial score (nSPS) is 24.3. The number of likely N-dealkylation sites (tertiary alicyclic amines) is 1. The van der Waals surface area contributed by atoms with E-state index >= 15 is 0 Å². The molecule has 5 heteroatoms. The van der Waals surface area contributed by atoms with Crippen LogP contribution in [0.25, 0.3) is 0 Å². The van der Waals surface area contributed by atoms with Crippen molar-refractivity contribution in [3.63, 3.8) is 0 Å². The molecule has 1 N–H and O–H groups in total. The smallest absolute Gasteiger partial charge is 0.320 e. The van der Waals surface area contributed by atoms with Crippen molar-refractivity contribution >= 4 is 5.97 Å². The Morgan fingerprint density at radius 1 is 1.58 bits per heavy atom. The van der Waals surface area contributed by atoms with E-state index in [0.29, 0.717) is 18.9 Å². The molecule has 0 aromatic carbocycles. The molecule has 0 amide bonds. The van der Waals surface area contributed by atoms with E-state index in [0.717, 1.165) is 31.1 Å². The number of halogens is 1. The molecule has 0 radical (unpaired) electrons. The van der Waals surface area contributed by atoms with Gasteiger partial charge >= 0.3 is 5.97 Å². The molecule has 0 aliphatic carbocycles. The Balaban J connectivity index is 2.07. The number of piperidine rings is 1. The van der Waals surface area contributed by atoms with E-state index in [2.05, 4.69) is 11.9 Å². The van der Waals surface area contributed by atoms with Crippen LogP contribution in [0.15, 0.2) is 18.5 Å². The predicted octanol–water partition coefficient (Wildman–Crippen LogP) is 2.30. The van der Waals surface area contributed by atoms with Gasteiger partial charge in [0.1, 0.15) is 11.9 Å². The van der Waals surface area contributed by atoms with E-state index in [9.17, 15) is 14.3 Å². The number of carbonyl (C=O) groups is 1. The molecule has 1 aliphatic rings. The number of carboxylic acid groups (broad SMARTS) is 1. The molecule has 0 bridgehead atoms. The van der Waals surface area contributed by atoms with Crippen molar-refractivity contribution in [1.29, 1.82) is 0 Å². The van der Waals surface area contributed by atoms with E-state index in [4.69, 9.17) is 0 Å². The van der Waals surface area contributed by atoms with Gasteiger partial charge in [-0.3, -0.25) is 14.7 Å². The average Bonchev–Trinajstić information content (AvgIpc) is 2.39. The van der Waals surface area contributed by atoms with Crippen molar-refractivity contribution < 1.29 is 14.3 Å². The quantitative estimate of drug-likeness (QED) is 0.908. The van der Waals surface area contributed by atoms with Crippen LogP contribution >= 0.6 is 0 Å². The lowest BCUT2D eigenvalue weighted by molar-refractivity contribution is -0.145. The molecule has 1 saturated heterocycles. The number of nitrogens with zero attached hydrogens (tertiary/aromatic N) is 2. The molecule has 1 aromatic heterocycles. The molecule has 4 nitrogen and oxygen atoms in total. The lowest BCUT2D eigenvalue weighted by Crippen LogP contribution is -2.46. The zero-order valence-corrected chi connectivity index (χ0v) is 11.1. The Morgan fingerprint density at radius 3 is 3.00 bits per heavy atom. The molecule has 19 heavy (non-hydrogen) atoms. The minimum atomic E-state index is -0.789. The summed E-state index contributed by atoms with van der Waals surface area (Å²) in [6.07, 6.45) is 5.44. The lowest BCUT2D eigenvalue weighted by atomic mass is 9.88. The molecule has 2 unspecified atom stereocenters. The summed E-state index contributed by atoms with van der Waals surface area (Å²) in [5.41, 5.74) is 0.723. The van der Waals surface area contributed by atoms with Crippen molar-refractivity contribution in [3.05, 3.63) is 29.8 Å². The summed E-state index contributed by atoms with van der Waals surface area (Å²) in [6, 6.07) is 0.944. The standard InChI is InChI=1S/C14H19FN2O2/c1-2-10-3-4-17(13(6-10)14(18)19)9-11-5-12(15)8-16-7-11/h5,7-8,10,13H,2-4,6,9H2,1H3,(H,18,19). The topological polar surface area (TPSA) is 53.4 Å². The van der Waals surface area contributed by atoms with Gasteiger partial charge in [-0.1, -0.05) is 13.3 Å². The fraction of sp³-hybridized carbons (Fsp3) is 0.571. The van der Waals surface area contributed by atoms with Crippen molar-refractivity contribution in [2.24, 2.45) is 5.92 Å². The molecular formula is C14H19FN2O2. The molecule has 2 heterocycles. The Kier molecular flexibility index (Phi) is 4.47. The second-order valence-corrected chi connectivity index (χ2v) is 5.13. The fourth-order valence-electron chi connectivity index (χ4n) is 2.68. The molecule has 1 fully saturated rings. The number of pyridine rings is 1. The number of rotatable bonds is 4. The first-order chi connectivity index (χ1) is 9.10. The van der Waals surface area contributed by atoms with Crippen LogP contribution < -0.4 is 0 Å². The van der Waals surface area contributed by atoms with Gasteiger partial charge in [-0.25, -0.2) is 4.39 Å². The molecule has 1 aromatic rings. The largest absolute Gasteiger partial charge is 0.480 e. The second-order valence-electron chi connectivity index (χ2n) is 5.13. The number of hydrogen-bond acceptors (Lipinski definition) is 3. The SMILES string of the molecule is CCC1CCN(Cc2cncc(F)c2)C(C(=O)O)C1. The molecule has 104 valence electrons. The van der Waals surface area contributed by atoms with Crippen LogP contribution in [0.1, 0.15) is 31.7 Å². The minimum Gasteiger partial charge on any atom is -0.480 e. The van der Waals surface area contributed by atoms with Crippen LogP contribution in [0.5, 0.6) is 0 Å². The highest BCUT2D eigenvalue weighted by atomic mass is 19.1. The number of carboxylic acids is 1.